The molecule has 0 aliphatic carbocycles. The van der Waals surface area contributed by atoms with Gasteiger partial charge in [0.05, 0.1) is 0 Å². The van der Waals surface area contributed by atoms with E-state index >= 15 is 0 Å². The molecule has 3 nitrogen and oxygen atoms in total. The van der Waals surface area contributed by atoms with E-state index in [9.17, 15) is 4.79 Å². The van der Waals surface area contributed by atoms with Crippen molar-refractivity contribution in [3.05, 3.63) is 88.6 Å². The Kier molecular flexibility index (Phi) is 5.26. The fraction of sp³-hybridized carbons (Fsp3) is 0.182. The molecule has 2 heterocycles. The van der Waals surface area contributed by atoms with Gasteiger partial charge in [-0.15, -0.1) is 0 Å². The molecular weight excluding hydrogens is 419 g/mol. The van der Waals surface area contributed by atoms with E-state index in [-0.39, 0.29) is 11.4 Å². The van der Waals surface area contributed by atoms with Crippen molar-refractivity contribution in [1.82, 2.24) is 4.90 Å². The van der Waals surface area contributed by atoms with Gasteiger partial charge in [-0.05, 0) is 0 Å². The van der Waals surface area contributed by atoms with Gasteiger partial charge in [-0.25, -0.2) is 0 Å². The van der Waals surface area contributed by atoms with E-state index in [1.807, 2.05) is 58.8 Å². The van der Waals surface area contributed by atoms with Crippen molar-refractivity contribution in [2.24, 2.45) is 4.99 Å². The van der Waals surface area contributed by atoms with E-state index in [0.29, 0.717) is 27.1 Å². The zero-order valence-electron chi connectivity index (χ0n) is 15.0. The third-order valence-corrected chi connectivity index (χ3v) is 8.17. The Morgan fingerprint density at radius 3 is 2.44 bits per heavy atom. The van der Waals surface area contributed by atoms with Gasteiger partial charge in [0.25, 0.3) is 0 Å². The second kappa shape index (κ2) is 7.81. The van der Waals surface area contributed by atoms with Crippen LogP contribution in [0.25, 0.3) is 0 Å². The molecule has 2 aromatic carbocycles. The van der Waals surface area contributed by atoms with Crippen LogP contribution in [0.4, 0.5) is 0 Å². The molecule has 1 aliphatic rings. The normalized spacial score (nSPS) is 19.1. The molecule has 0 bridgehead atoms. The number of amides is 1. The van der Waals surface area contributed by atoms with Crippen LogP contribution in [0.15, 0.2) is 83.2 Å². The average Bonchev–Trinajstić information content (AvgIpc) is 3.36. The average molecular weight is 439 g/mol. The first-order chi connectivity index (χ1) is 13.1. The van der Waals surface area contributed by atoms with Crippen LogP contribution in [-0.2, 0) is 0 Å². The molecule has 0 saturated heterocycles. The molecule has 1 atom stereocenters. The molecule has 1 aromatic heterocycles. The summed E-state index contributed by atoms with van der Waals surface area (Å²) >= 11 is 1.96. The van der Waals surface area contributed by atoms with Crippen LogP contribution in [0.5, 0.6) is 0 Å². The summed E-state index contributed by atoms with van der Waals surface area (Å²) in [5.74, 6) is 0.837. The Bertz CT molecular complexity index is 941. The Hall–Kier alpha value is -2.20. The first kappa shape index (κ1) is 18.2. The monoisotopic (exact) mass is 440 g/mol. The second-order valence-corrected chi connectivity index (χ2v) is 9.92. The maximum absolute atomic E-state index is 13.2. The molecule has 3 aromatic rings. The van der Waals surface area contributed by atoms with Crippen LogP contribution in [0.3, 0.4) is 0 Å². The van der Waals surface area contributed by atoms with Gasteiger partial charge in [-0.2, -0.15) is 0 Å². The summed E-state index contributed by atoms with van der Waals surface area (Å²) < 4.78 is 1.37. The standard InChI is InChI=1S/C22H20N2OSSe/c1-22(16-27-18-11-6-3-7-12-18)15-24(20(23-22)19-13-8-14-26-19)21(25)17-9-4-2-5-10-17/h2-14H,15-16H2,1H3. The maximum atomic E-state index is 13.2. The second-order valence-electron chi connectivity index (χ2n) is 6.77. The molecule has 5 heteroatoms. The summed E-state index contributed by atoms with van der Waals surface area (Å²) in [6.45, 7) is 2.80. The van der Waals surface area contributed by atoms with Crippen LogP contribution in [0.2, 0.25) is 5.32 Å². The molecule has 0 N–H and O–H groups in total. The molecule has 1 unspecified atom stereocenters. The van der Waals surface area contributed by atoms with Gasteiger partial charge >= 0.3 is 170 Å². The van der Waals surface area contributed by atoms with Gasteiger partial charge in [0.15, 0.2) is 0 Å². The number of hydrogen-bond donors (Lipinski definition) is 0. The van der Waals surface area contributed by atoms with Crippen molar-refractivity contribution >= 4 is 42.5 Å². The molecule has 0 fully saturated rings. The zero-order valence-corrected chi connectivity index (χ0v) is 17.6. The molecule has 1 aliphatic heterocycles. The number of hydrogen-bond acceptors (Lipinski definition) is 3. The Morgan fingerprint density at radius 2 is 1.78 bits per heavy atom. The van der Waals surface area contributed by atoms with E-state index in [0.717, 1.165) is 16.0 Å². The van der Waals surface area contributed by atoms with Gasteiger partial charge < -0.3 is 0 Å². The summed E-state index contributed by atoms with van der Waals surface area (Å²) in [6.07, 6.45) is 0. The van der Waals surface area contributed by atoms with E-state index in [1.165, 1.54) is 4.46 Å². The van der Waals surface area contributed by atoms with Gasteiger partial charge in [-0.1, -0.05) is 0 Å². The van der Waals surface area contributed by atoms with Crippen molar-refractivity contribution in [2.45, 2.75) is 17.8 Å². The minimum absolute atomic E-state index is 0.0266. The molecule has 27 heavy (non-hydrogen) atoms. The number of thiophene rings is 1. The molecule has 0 spiro atoms. The Morgan fingerprint density at radius 1 is 1.07 bits per heavy atom. The van der Waals surface area contributed by atoms with E-state index in [1.54, 1.807) is 11.3 Å². The predicted octanol–water partition coefficient (Wildman–Crippen LogP) is 3.86. The van der Waals surface area contributed by atoms with Gasteiger partial charge in [0, 0.05) is 0 Å². The van der Waals surface area contributed by atoms with Gasteiger partial charge in [0.2, 0.25) is 0 Å². The predicted molar refractivity (Wildman–Crippen MR) is 113 cm³/mol. The fourth-order valence-electron chi connectivity index (χ4n) is 3.10. The van der Waals surface area contributed by atoms with E-state index in [2.05, 4.69) is 31.2 Å². The van der Waals surface area contributed by atoms with Crippen LogP contribution in [-0.4, -0.2) is 43.7 Å². The fourth-order valence-corrected chi connectivity index (χ4v) is 5.88. The van der Waals surface area contributed by atoms with Crippen molar-refractivity contribution < 1.29 is 4.79 Å². The number of carbonyl (C=O) groups is 1. The summed E-state index contributed by atoms with van der Waals surface area (Å²) in [5.41, 5.74) is 0.458. The number of rotatable bonds is 5. The molecule has 0 saturated carbocycles. The summed E-state index contributed by atoms with van der Waals surface area (Å²) in [6, 6.07) is 24.1. The first-order valence-corrected chi connectivity index (χ1v) is 11.8. The van der Waals surface area contributed by atoms with Crippen molar-refractivity contribution in [2.75, 3.05) is 6.54 Å². The van der Waals surface area contributed by atoms with Crippen molar-refractivity contribution in [3.63, 3.8) is 0 Å². The van der Waals surface area contributed by atoms with Crippen LogP contribution < -0.4 is 4.46 Å². The van der Waals surface area contributed by atoms with Crippen LogP contribution >= 0.6 is 11.3 Å². The number of carbonyl (C=O) groups excluding carboxylic acids is 1. The number of nitrogens with zero attached hydrogens (tertiary/aromatic N) is 2. The number of benzene rings is 2. The van der Waals surface area contributed by atoms with Crippen LogP contribution in [0, 0.1) is 0 Å². The SMILES string of the molecule is CC1(C[Se]c2ccccc2)CN(C(=O)c2ccccc2)C(c2cccs2)=N1. The number of aliphatic imine (C=N–C) groups is 1. The molecule has 1 amide bonds. The summed E-state index contributed by atoms with van der Waals surface area (Å²) in [4.78, 5) is 21.1. The molecule has 0 radical (unpaired) electrons. The Balaban J connectivity index is 1.60. The molecule has 4 rings (SSSR count). The third kappa shape index (κ3) is 4.06. The van der Waals surface area contributed by atoms with E-state index < -0.39 is 0 Å². The zero-order chi connectivity index (χ0) is 18.7. The van der Waals surface area contributed by atoms with Crippen molar-refractivity contribution in [1.29, 1.82) is 0 Å². The molecular formula is C22H20N2OSSe. The molecule has 136 valence electrons. The minimum atomic E-state index is -0.250. The summed E-state index contributed by atoms with van der Waals surface area (Å²) in [7, 11) is 0. The third-order valence-electron chi connectivity index (χ3n) is 4.43. The van der Waals surface area contributed by atoms with Crippen molar-refractivity contribution in [3.8, 4) is 0 Å². The van der Waals surface area contributed by atoms with Gasteiger partial charge in [0.1, 0.15) is 0 Å². The first-order valence-electron chi connectivity index (χ1n) is 8.83. The number of amidine groups is 1. The Labute approximate surface area is 169 Å². The summed E-state index contributed by atoms with van der Waals surface area (Å²) in [5, 5.41) is 3.00. The van der Waals surface area contributed by atoms with Gasteiger partial charge in [-0.3, -0.25) is 0 Å². The van der Waals surface area contributed by atoms with E-state index in [4.69, 9.17) is 4.99 Å². The quantitative estimate of drug-likeness (QED) is 0.556. The topological polar surface area (TPSA) is 32.7 Å². The van der Waals surface area contributed by atoms with Crippen LogP contribution in [0.1, 0.15) is 22.2 Å².